The number of amides is 2. The zero-order valence-electron chi connectivity index (χ0n) is 20.7. The second-order valence-electron chi connectivity index (χ2n) is 8.91. The predicted octanol–water partition coefficient (Wildman–Crippen LogP) is 6.24. The van der Waals surface area contributed by atoms with Gasteiger partial charge in [-0.15, -0.1) is 0 Å². The van der Waals surface area contributed by atoms with Gasteiger partial charge in [0.1, 0.15) is 5.82 Å². The van der Waals surface area contributed by atoms with Crippen LogP contribution in [0.3, 0.4) is 0 Å². The first kappa shape index (κ1) is 25.6. The van der Waals surface area contributed by atoms with Gasteiger partial charge in [0.25, 0.3) is 5.91 Å². The van der Waals surface area contributed by atoms with E-state index in [9.17, 15) is 14.0 Å². The van der Waals surface area contributed by atoms with E-state index in [0.29, 0.717) is 12.2 Å². The predicted molar refractivity (Wildman–Crippen MR) is 146 cm³/mol. The fraction of sp³-hybridized carbons (Fsp3) is 0.125. The number of carbonyl (C=O) groups excluding carboxylic acids is 2. The van der Waals surface area contributed by atoms with Crippen molar-refractivity contribution in [3.63, 3.8) is 0 Å². The molecule has 4 rings (SSSR count). The van der Waals surface area contributed by atoms with Crippen molar-refractivity contribution in [3.05, 3.63) is 143 Å². The van der Waals surface area contributed by atoms with E-state index < -0.39 is 0 Å². The summed E-state index contributed by atoms with van der Waals surface area (Å²) in [5.74, 6) is -0.641. The minimum atomic E-state index is -0.329. The molecular formula is C32H29FN2O2. The molecular weight excluding hydrogens is 463 g/mol. The van der Waals surface area contributed by atoms with Gasteiger partial charge in [-0.3, -0.25) is 9.59 Å². The van der Waals surface area contributed by atoms with Gasteiger partial charge in [0.2, 0.25) is 5.91 Å². The second-order valence-corrected chi connectivity index (χ2v) is 8.91. The molecule has 1 N–H and O–H groups in total. The number of hydrogen-bond acceptors (Lipinski definition) is 2. The van der Waals surface area contributed by atoms with Crippen molar-refractivity contribution in [1.82, 2.24) is 5.32 Å². The Morgan fingerprint density at radius 1 is 0.811 bits per heavy atom. The summed E-state index contributed by atoms with van der Waals surface area (Å²) in [5, 5.41) is 2.96. The van der Waals surface area contributed by atoms with Crippen LogP contribution in [0.2, 0.25) is 0 Å². The minimum Gasteiger partial charge on any atom is -0.352 e. The lowest BCUT2D eigenvalue weighted by molar-refractivity contribution is -0.120. The molecule has 0 unspecified atom stereocenters. The third-order valence-electron chi connectivity index (χ3n) is 5.90. The van der Waals surface area contributed by atoms with Crippen molar-refractivity contribution >= 4 is 23.6 Å². The molecule has 0 fully saturated rings. The van der Waals surface area contributed by atoms with E-state index in [4.69, 9.17) is 0 Å². The number of rotatable bonds is 9. The largest absolute Gasteiger partial charge is 0.352 e. The molecule has 4 aromatic carbocycles. The van der Waals surface area contributed by atoms with Crippen LogP contribution in [0, 0.1) is 12.7 Å². The second kappa shape index (κ2) is 12.5. The van der Waals surface area contributed by atoms with Gasteiger partial charge in [0.15, 0.2) is 0 Å². The molecule has 0 aromatic heterocycles. The lowest BCUT2D eigenvalue weighted by Crippen LogP contribution is -2.29. The quantitative estimate of drug-likeness (QED) is 0.281. The SMILES string of the molecule is Cc1cccc(CNC(=O)Cc2cccc(N(Cc3ccc(F)cc3)C(=O)C=Cc3ccccc3)c2)c1. The van der Waals surface area contributed by atoms with Crippen LogP contribution < -0.4 is 10.2 Å². The van der Waals surface area contributed by atoms with E-state index in [1.54, 1.807) is 23.1 Å². The lowest BCUT2D eigenvalue weighted by Gasteiger charge is -2.22. The highest BCUT2D eigenvalue weighted by Crippen LogP contribution is 2.21. The van der Waals surface area contributed by atoms with Gasteiger partial charge in [0, 0.05) is 18.3 Å². The van der Waals surface area contributed by atoms with Crippen LogP contribution in [0.15, 0.2) is 109 Å². The van der Waals surface area contributed by atoms with E-state index in [-0.39, 0.29) is 30.6 Å². The van der Waals surface area contributed by atoms with Crippen molar-refractivity contribution in [2.24, 2.45) is 0 Å². The Hall–Kier alpha value is -4.51. The molecule has 2 amide bonds. The molecule has 5 heteroatoms. The molecule has 37 heavy (non-hydrogen) atoms. The van der Waals surface area contributed by atoms with Gasteiger partial charge < -0.3 is 10.2 Å². The number of hydrogen-bond donors (Lipinski definition) is 1. The lowest BCUT2D eigenvalue weighted by atomic mass is 10.1. The first-order valence-electron chi connectivity index (χ1n) is 12.2. The van der Waals surface area contributed by atoms with Crippen LogP contribution in [-0.4, -0.2) is 11.8 Å². The van der Waals surface area contributed by atoms with Crippen molar-refractivity contribution in [2.75, 3.05) is 4.90 Å². The fourth-order valence-corrected chi connectivity index (χ4v) is 4.00. The summed E-state index contributed by atoms with van der Waals surface area (Å²) in [5.41, 5.74) is 5.36. The van der Waals surface area contributed by atoms with Crippen molar-refractivity contribution < 1.29 is 14.0 Å². The van der Waals surface area contributed by atoms with Gasteiger partial charge in [-0.1, -0.05) is 84.4 Å². The maximum atomic E-state index is 13.4. The molecule has 0 radical (unpaired) electrons. The molecule has 4 nitrogen and oxygen atoms in total. The third-order valence-corrected chi connectivity index (χ3v) is 5.90. The number of anilines is 1. The molecule has 0 aliphatic rings. The molecule has 0 saturated heterocycles. The van der Waals surface area contributed by atoms with Crippen molar-refractivity contribution in [2.45, 2.75) is 26.4 Å². The number of benzene rings is 4. The molecule has 4 aromatic rings. The fourth-order valence-electron chi connectivity index (χ4n) is 4.00. The Bertz CT molecular complexity index is 1380. The Balaban J connectivity index is 1.50. The number of nitrogens with zero attached hydrogens (tertiary/aromatic N) is 1. The summed E-state index contributed by atoms with van der Waals surface area (Å²) in [7, 11) is 0. The molecule has 0 aliphatic carbocycles. The van der Waals surface area contributed by atoms with E-state index >= 15 is 0 Å². The standard InChI is InChI=1S/C32H29FN2O2/c1-24-7-5-11-28(19-24)22-34-31(36)21-27-10-6-12-30(20-27)35(23-26-13-16-29(33)17-14-26)32(37)18-15-25-8-3-2-4-9-25/h2-20H,21-23H2,1H3,(H,34,36). The molecule has 0 heterocycles. The highest BCUT2D eigenvalue weighted by molar-refractivity contribution is 6.03. The van der Waals surface area contributed by atoms with Crippen LogP contribution in [0.5, 0.6) is 0 Å². The Kier molecular flexibility index (Phi) is 8.61. The Morgan fingerprint density at radius 3 is 2.30 bits per heavy atom. The van der Waals surface area contributed by atoms with Crippen LogP contribution in [0.1, 0.15) is 27.8 Å². The molecule has 0 atom stereocenters. The third kappa shape index (κ3) is 7.74. The highest BCUT2D eigenvalue weighted by Gasteiger charge is 2.15. The molecule has 186 valence electrons. The van der Waals surface area contributed by atoms with Crippen LogP contribution in [0.4, 0.5) is 10.1 Å². The average Bonchev–Trinajstić information content (AvgIpc) is 2.91. The highest BCUT2D eigenvalue weighted by atomic mass is 19.1. The zero-order chi connectivity index (χ0) is 26.0. The molecule has 0 saturated carbocycles. The van der Waals surface area contributed by atoms with E-state index in [2.05, 4.69) is 5.32 Å². The van der Waals surface area contributed by atoms with Gasteiger partial charge in [-0.25, -0.2) is 4.39 Å². The topological polar surface area (TPSA) is 49.4 Å². The number of nitrogens with one attached hydrogen (secondary N) is 1. The minimum absolute atomic E-state index is 0.0981. The summed E-state index contributed by atoms with van der Waals surface area (Å²) in [6, 6.07) is 31.1. The van der Waals surface area contributed by atoms with Gasteiger partial charge in [-0.2, -0.15) is 0 Å². The van der Waals surface area contributed by atoms with E-state index in [0.717, 1.165) is 27.8 Å². The first-order valence-corrected chi connectivity index (χ1v) is 12.2. The summed E-state index contributed by atoms with van der Waals surface area (Å²) < 4.78 is 13.4. The Labute approximate surface area is 217 Å². The molecule has 0 aliphatic heterocycles. The average molecular weight is 493 g/mol. The smallest absolute Gasteiger partial charge is 0.251 e. The number of halogens is 1. The normalized spacial score (nSPS) is 10.9. The molecule has 0 bridgehead atoms. The summed E-state index contributed by atoms with van der Waals surface area (Å²) >= 11 is 0. The number of aryl methyl sites for hydroxylation is 1. The maximum absolute atomic E-state index is 13.4. The van der Waals surface area contributed by atoms with Crippen LogP contribution >= 0.6 is 0 Å². The van der Waals surface area contributed by atoms with E-state index in [1.165, 1.54) is 18.2 Å². The van der Waals surface area contributed by atoms with Gasteiger partial charge in [-0.05, 0) is 59.5 Å². The van der Waals surface area contributed by atoms with Gasteiger partial charge >= 0.3 is 0 Å². The summed E-state index contributed by atoms with van der Waals surface area (Å²) in [6.45, 7) is 2.74. The summed E-state index contributed by atoms with van der Waals surface area (Å²) in [6.07, 6.45) is 3.49. The first-order chi connectivity index (χ1) is 18.0. The van der Waals surface area contributed by atoms with Gasteiger partial charge in [0.05, 0.1) is 13.0 Å². The van der Waals surface area contributed by atoms with Crippen molar-refractivity contribution in [1.29, 1.82) is 0 Å². The zero-order valence-corrected chi connectivity index (χ0v) is 20.7. The van der Waals surface area contributed by atoms with E-state index in [1.807, 2.05) is 85.8 Å². The number of carbonyl (C=O) groups is 2. The maximum Gasteiger partial charge on any atom is 0.251 e. The van der Waals surface area contributed by atoms with Crippen LogP contribution in [0.25, 0.3) is 6.08 Å². The van der Waals surface area contributed by atoms with Crippen molar-refractivity contribution in [3.8, 4) is 0 Å². The molecule has 0 spiro atoms. The monoisotopic (exact) mass is 492 g/mol. The summed E-state index contributed by atoms with van der Waals surface area (Å²) in [4.78, 5) is 27.5. The Morgan fingerprint density at radius 2 is 1.54 bits per heavy atom. The van der Waals surface area contributed by atoms with Crippen LogP contribution in [-0.2, 0) is 29.1 Å².